The first-order chi connectivity index (χ1) is 9.11. The Morgan fingerprint density at radius 2 is 2.05 bits per heavy atom. The van der Waals surface area contributed by atoms with E-state index in [2.05, 4.69) is 21.2 Å². The minimum atomic E-state index is -0.0501. The van der Waals surface area contributed by atoms with E-state index in [1.54, 1.807) is 11.3 Å². The first-order valence-electron chi connectivity index (χ1n) is 5.67. The van der Waals surface area contributed by atoms with Gasteiger partial charge in [-0.2, -0.15) is 0 Å². The normalized spacial score (nSPS) is 10.8. The highest BCUT2D eigenvalue weighted by Gasteiger charge is 2.11. The molecule has 0 unspecified atom stereocenters. The van der Waals surface area contributed by atoms with Crippen LogP contribution in [0, 0.1) is 6.92 Å². The molecular weight excluding hydrogens is 342 g/mol. The third-order valence-electron chi connectivity index (χ3n) is 2.66. The van der Waals surface area contributed by atoms with E-state index >= 15 is 0 Å². The van der Waals surface area contributed by atoms with Gasteiger partial charge < -0.3 is 5.32 Å². The molecule has 3 aromatic rings. The average Bonchev–Trinajstić information content (AvgIpc) is 2.86. The summed E-state index contributed by atoms with van der Waals surface area (Å²) in [6.45, 7) is 2.00. The molecule has 2 nitrogen and oxygen atoms in total. The molecule has 5 heteroatoms. The maximum absolute atomic E-state index is 12.2. The number of benzene rings is 1. The van der Waals surface area contributed by atoms with E-state index in [0.717, 1.165) is 20.6 Å². The smallest absolute Gasteiger partial charge is 0.265 e. The van der Waals surface area contributed by atoms with Crippen LogP contribution in [0.2, 0.25) is 0 Å². The zero-order chi connectivity index (χ0) is 13.4. The van der Waals surface area contributed by atoms with Crippen molar-refractivity contribution in [3.8, 4) is 0 Å². The Balaban J connectivity index is 1.86. The minimum Gasteiger partial charge on any atom is -0.321 e. The van der Waals surface area contributed by atoms with Crippen molar-refractivity contribution in [2.24, 2.45) is 0 Å². The van der Waals surface area contributed by atoms with Crippen molar-refractivity contribution in [3.05, 3.63) is 50.6 Å². The van der Waals surface area contributed by atoms with Gasteiger partial charge in [-0.25, -0.2) is 0 Å². The predicted octanol–water partition coefficient (Wildman–Crippen LogP) is 5.29. The predicted molar refractivity (Wildman–Crippen MR) is 86.5 cm³/mol. The largest absolute Gasteiger partial charge is 0.321 e. The molecule has 0 aliphatic carbocycles. The second-order valence-corrected chi connectivity index (χ2v) is 7.18. The number of halogens is 1. The zero-order valence-electron chi connectivity index (χ0n) is 10.1. The maximum atomic E-state index is 12.2. The number of fused-ring (bicyclic) bond motifs is 1. The lowest BCUT2D eigenvalue weighted by molar-refractivity contribution is 0.103. The summed E-state index contributed by atoms with van der Waals surface area (Å²) >= 11 is 6.62. The molecule has 0 atom stereocenters. The summed E-state index contributed by atoms with van der Waals surface area (Å²) < 4.78 is 3.30. The molecule has 96 valence electrons. The molecule has 1 N–H and O–H groups in total. The Morgan fingerprint density at radius 3 is 2.79 bits per heavy atom. The molecule has 0 saturated heterocycles. The van der Waals surface area contributed by atoms with Crippen LogP contribution in [0.3, 0.4) is 0 Å². The summed E-state index contributed by atoms with van der Waals surface area (Å²) in [5, 5.41) is 4.98. The fourth-order valence-corrected chi connectivity index (χ4v) is 4.49. The van der Waals surface area contributed by atoms with Crippen LogP contribution < -0.4 is 5.32 Å². The third-order valence-corrected chi connectivity index (χ3v) is 5.21. The molecule has 2 heterocycles. The van der Waals surface area contributed by atoms with Crippen LogP contribution in [0.15, 0.2) is 40.2 Å². The highest BCUT2D eigenvalue weighted by atomic mass is 79.9. The lowest BCUT2D eigenvalue weighted by Crippen LogP contribution is -2.10. The monoisotopic (exact) mass is 351 g/mol. The van der Waals surface area contributed by atoms with Gasteiger partial charge in [-0.1, -0.05) is 15.9 Å². The van der Waals surface area contributed by atoms with Gasteiger partial charge in [0, 0.05) is 19.6 Å². The molecule has 0 aliphatic heterocycles. The van der Waals surface area contributed by atoms with E-state index in [9.17, 15) is 4.79 Å². The highest BCUT2D eigenvalue weighted by molar-refractivity contribution is 9.10. The molecule has 0 aliphatic rings. The summed E-state index contributed by atoms with van der Waals surface area (Å²) in [7, 11) is 0. The van der Waals surface area contributed by atoms with Gasteiger partial charge in [0.1, 0.15) is 0 Å². The van der Waals surface area contributed by atoms with Crippen LogP contribution in [0.4, 0.5) is 5.69 Å². The fourth-order valence-electron chi connectivity index (χ4n) is 1.88. The number of hydrogen-bond acceptors (Lipinski definition) is 3. The topological polar surface area (TPSA) is 29.1 Å². The van der Waals surface area contributed by atoms with E-state index < -0.39 is 0 Å². The van der Waals surface area contributed by atoms with Crippen LogP contribution in [-0.4, -0.2) is 5.91 Å². The zero-order valence-corrected chi connectivity index (χ0v) is 13.3. The lowest BCUT2D eigenvalue weighted by Gasteiger charge is -2.05. The van der Waals surface area contributed by atoms with Gasteiger partial charge in [-0.15, -0.1) is 22.7 Å². The molecule has 0 fully saturated rings. The molecule has 1 aromatic carbocycles. The average molecular weight is 352 g/mol. The van der Waals surface area contributed by atoms with Crippen molar-refractivity contribution in [3.63, 3.8) is 0 Å². The number of carbonyl (C=O) groups excluding carboxylic acids is 1. The molecule has 3 rings (SSSR count). The summed E-state index contributed by atoms with van der Waals surface area (Å²) in [6, 6.07) is 9.87. The number of carbonyl (C=O) groups is 1. The van der Waals surface area contributed by atoms with E-state index in [4.69, 9.17) is 0 Å². The Labute approximate surface area is 127 Å². The van der Waals surface area contributed by atoms with E-state index in [-0.39, 0.29) is 5.91 Å². The van der Waals surface area contributed by atoms with Crippen LogP contribution in [0.1, 0.15) is 15.2 Å². The van der Waals surface area contributed by atoms with Crippen molar-refractivity contribution < 1.29 is 4.79 Å². The van der Waals surface area contributed by atoms with Gasteiger partial charge in [0.2, 0.25) is 0 Å². The second kappa shape index (κ2) is 5.07. The Hall–Kier alpha value is -1.17. The summed E-state index contributed by atoms with van der Waals surface area (Å²) in [4.78, 5) is 12.9. The number of rotatable bonds is 2. The van der Waals surface area contributed by atoms with Crippen molar-refractivity contribution >= 4 is 59.6 Å². The number of anilines is 1. The SMILES string of the molecule is Cc1cc(Br)cc(NC(=O)c2cc3sccc3s2)c1. The molecule has 0 radical (unpaired) electrons. The number of nitrogens with one attached hydrogen (secondary N) is 1. The van der Waals surface area contributed by atoms with Gasteiger partial charge in [-0.3, -0.25) is 4.79 Å². The minimum absolute atomic E-state index is 0.0501. The van der Waals surface area contributed by atoms with Gasteiger partial charge in [0.25, 0.3) is 5.91 Å². The fraction of sp³-hybridized carbons (Fsp3) is 0.0714. The number of hydrogen-bond donors (Lipinski definition) is 1. The summed E-state index contributed by atoms with van der Waals surface area (Å²) in [5.41, 5.74) is 1.92. The van der Waals surface area contributed by atoms with Crippen LogP contribution >= 0.6 is 38.6 Å². The Morgan fingerprint density at radius 1 is 1.21 bits per heavy atom. The second-order valence-electron chi connectivity index (χ2n) is 4.23. The summed E-state index contributed by atoms with van der Waals surface area (Å²) in [6.07, 6.45) is 0. The van der Waals surface area contributed by atoms with Crippen molar-refractivity contribution in [1.29, 1.82) is 0 Å². The first-order valence-corrected chi connectivity index (χ1v) is 8.16. The molecule has 0 saturated carbocycles. The molecular formula is C14H10BrNOS2. The molecule has 2 aromatic heterocycles. The van der Waals surface area contributed by atoms with Crippen LogP contribution in [-0.2, 0) is 0 Å². The highest BCUT2D eigenvalue weighted by Crippen LogP contribution is 2.30. The van der Waals surface area contributed by atoms with Crippen molar-refractivity contribution in [1.82, 2.24) is 0 Å². The molecule has 0 bridgehead atoms. The van der Waals surface area contributed by atoms with Crippen LogP contribution in [0.5, 0.6) is 0 Å². The maximum Gasteiger partial charge on any atom is 0.265 e. The van der Waals surface area contributed by atoms with Crippen molar-refractivity contribution in [2.45, 2.75) is 6.92 Å². The Kier molecular flexibility index (Phi) is 3.43. The molecule has 19 heavy (non-hydrogen) atoms. The van der Waals surface area contributed by atoms with Gasteiger partial charge in [-0.05, 0) is 48.2 Å². The number of amides is 1. The van der Waals surface area contributed by atoms with E-state index in [0.29, 0.717) is 0 Å². The van der Waals surface area contributed by atoms with Crippen molar-refractivity contribution in [2.75, 3.05) is 5.32 Å². The lowest BCUT2D eigenvalue weighted by atomic mass is 10.2. The Bertz CT molecular complexity index is 711. The molecule has 1 amide bonds. The molecule has 0 spiro atoms. The first kappa shape index (κ1) is 12.8. The van der Waals surface area contributed by atoms with Crippen LogP contribution in [0.25, 0.3) is 9.40 Å². The van der Waals surface area contributed by atoms with Gasteiger partial charge in [0.05, 0.1) is 4.88 Å². The van der Waals surface area contributed by atoms with Gasteiger partial charge >= 0.3 is 0 Å². The third kappa shape index (κ3) is 2.73. The number of thiophene rings is 2. The standard InChI is InChI=1S/C14H10BrNOS2/c1-8-4-9(15)6-10(5-8)16-14(17)13-7-12-11(19-13)2-3-18-12/h2-7H,1H3,(H,16,17). The van der Waals surface area contributed by atoms with E-state index in [1.165, 1.54) is 20.7 Å². The quantitative estimate of drug-likeness (QED) is 0.667. The van der Waals surface area contributed by atoms with Gasteiger partial charge in [0.15, 0.2) is 0 Å². The summed E-state index contributed by atoms with van der Waals surface area (Å²) in [5.74, 6) is -0.0501. The van der Waals surface area contributed by atoms with E-state index in [1.807, 2.05) is 42.6 Å². The number of aryl methyl sites for hydroxylation is 1.